The Hall–Kier alpha value is -8.40. The summed E-state index contributed by atoms with van der Waals surface area (Å²) >= 11 is 0. The molecule has 0 bridgehead atoms. The summed E-state index contributed by atoms with van der Waals surface area (Å²) in [4.78, 5) is 2.39. The molecule has 0 aliphatic heterocycles. The maximum Gasteiger partial charge on any atom is 0.143 e. The Morgan fingerprint density at radius 1 is 0.364 bits per heavy atom. The Morgan fingerprint density at radius 2 is 0.924 bits per heavy atom. The van der Waals surface area contributed by atoms with Crippen molar-refractivity contribution in [1.82, 2.24) is 4.57 Å². The lowest BCUT2D eigenvalue weighted by atomic mass is 9.81. The van der Waals surface area contributed by atoms with Gasteiger partial charge in [-0.2, -0.15) is 0 Å². The van der Waals surface area contributed by atoms with E-state index in [4.69, 9.17) is 4.42 Å². The third-order valence-corrected chi connectivity index (χ3v) is 14.0. The normalized spacial score (nSPS) is 12.8. The van der Waals surface area contributed by atoms with Crippen molar-refractivity contribution in [3.05, 3.63) is 242 Å². The number of rotatable bonds is 7. The number of hydrogen-bond donors (Lipinski definition) is 0. The van der Waals surface area contributed by atoms with Crippen LogP contribution in [0, 0.1) is 0 Å². The lowest BCUT2D eigenvalue weighted by Crippen LogP contribution is -2.14. The van der Waals surface area contributed by atoms with E-state index >= 15 is 0 Å². The van der Waals surface area contributed by atoms with E-state index in [-0.39, 0.29) is 5.41 Å². The Labute approximate surface area is 384 Å². The first kappa shape index (κ1) is 38.1. The van der Waals surface area contributed by atoms with Gasteiger partial charge in [-0.05, 0) is 123 Å². The molecule has 2 aromatic heterocycles. The number of fused-ring (bicyclic) bond motifs is 9. The average molecular weight is 845 g/mol. The van der Waals surface area contributed by atoms with Crippen molar-refractivity contribution in [1.29, 1.82) is 0 Å². The summed E-state index contributed by atoms with van der Waals surface area (Å²) in [6.07, 6.45) is 0. The molecule has 12 aromatic rings. The van der Waals surface area contributed by atoms with Gasteiger partial charge in [0.1, 0.15) is 11.2 Å². The standard InChI is InChI=1S/C63H44N2O/c1-63(2)57-23-10-6-17-49(57)50-37-29-43(39-58(50)63)41-27-30-44(31-28-41)64(45-32-34-46(35-33-45)65-59-24-11-7-18-51(59)52-19-8-12-25-60(52)65)47-36-38-48(42-15-4-3-5-16-42)56(40-47)55-22-14-21-54-53-20-9-13-26-61(53)66-62(54)55/h3-40H,1-2H3. The van der Waals surface area contributed by atoms with Gasteiger partial charge < -0.3 is 13.9 Å². The monoisotopic (exact) mass is 844 g/mol. The van der Waals surface area contributed by atoms with Crippen molar-refractivity contribution in [3.8, 4) is 50.2 Å². The molecule has 10 aromatic carbocycles. The fourth-order valence-corrected chi connectivity index (χ4v) is 10.8. The Kier molecular flexibility index (Phi) is 8.56. The second-order valence-electron chi connectivity index (χ2n) is 18.1. The second kappa shape index (κ2) is 14.8. The van der Waals surface area contributed by atoms with E-state index in [9.17, 15) is 0 Å². The molecule has 0 radical (unpaired) electrons. The molecular weight excluding hydrogens is 801 g/mol. The van der Waals surface area contributed by atoms with E-state index in [1.165, 1.54) is 55.2 Å². The van der Waals surface area contributed by atoms with Crippen LogP contribution in [0.3, 0.4) is 0 Å². The maximum atomic E-state index is 6.71. The highest BCUT2D eigenvalue weighted by Gasteiger charge is 2.35. The number of anilines is 3. The van der Waals surface area contributed by atoms with E-state index in [1.54, 1.807) is 0 Å². The topological polar surface area (TPSA) is 21.3 Å². The van der Waals surface area contributed by atoms with Gasteiger partial charge >= 0.3 is 0 Å². The lowest BCUT2D eigenvalue weighted by Gasteiger charge is -2.27. The average Bonchev–Trinajstić information content (AvgIpc) is 4.00. The molecule has 0 atom stereocenters. The molecule has 3 nitrogen and oxygen atoms in total. The van der Waals surface area contributed by atoms with Gasteiger partial charge in [-0.25, -0.2) is 0 Å². The first-order valence-corrected chi connectivity index (χ1v) is 22.8. The van der Waals surface area contributed by atoms with Crippen molar-refractivity contribution in [2.75, 3.05) is 4.90 Å². The molecule has 0 fully saturated rings. The van der Waals surface area contributed by atoms with Crippen molar-refractivity contribution >= 4 is 60.8 Å². The molecule has 312 valence electrons. The molecule has 1 aliphatic rings. The van der Waals surface area contributed by atoms with Crippen LogP contribution in [0.15, 0.2) is 235 Å². The van der Waals surface area contributed by atoms with Crippen molar-refractivity contribution in [3.63, 3.8) is 0 Å². The highest BCUT2D eigenvalue weighted by Crippen LogP contribution is 2.50. The molecule has 0 saturated heterocycles. The number of para-hydroxylation sites is 4. The van der Waals surface area contributed by atoms with E-state index in [0.29, 0.717) is 0 Å². The van der Waals surface area contributed by atoms with Crippen LogP contribution >= 0.6 is 0 Å². The van der Waals surface area contributed by atoms with Crippen molar-refractivity contribution in [2.45, 2.75) is 19.3 Å². The molecule has 0 spiro atoms. The summed E-state index contributed by atoms with van der Waals surface area (Å²) in [5, 5.41) is 4.73. The molecule has 3 heteroatoms. The van der Waals surface area contributed by atoms with Gasteiger partial charge in [0.05, 0.1) is 11.0 Å². The summed E-state index contributed by atoms with van der Waals surface area (Å²) in [5.41, 5.74) is 20.7. The first-order chi connectivity index (χ1) is 32.5. The summed E-state index contributed by atoms with van der Waals surface area (Å²) in [7, 11) is 0. The predicted molar refractivity (Wildman–Crippen MR) is 277 cm³/mol. The van der Waals surface area contributed by atoms with Crippen LogP contribution in [0.5, 0.6) is 0 Å². The number of furan rings is 1. The highest BCUT2D eigenvalue weighted by molar-refractivity contribution is 6.11. The van der Waals surface area contributed by atoms with Gasteiger partial charge in [0, 0.05) is 55.3 Å². The predicted octanol–water partition coefficient (Wildman–Crippen LogP) is 17.5. The Balaban J connectivity index is 0.975. The maximum absolute atomic E-state index is 6.71. The zero-order valence-electron chi connectivity index (χ0n) is 36.7. The van der Waals surface area contributed by atoms with Crippen LogP contribution in [0.25, 0.3) is 93.9 Å². The zero-order chi connectivity index (χ0) is 43.9. The molecule has 0 N–H and O–H groups in total. The van der Waals surface area contributed by atoms with Crippen LogP contribution in [0.4, 0.5) is 17.1 Å². The van der Waals surface area contributed by atoms with E-state index in [2.05, 4.69) is 248 Å². The van der Waals surface area contributed by atoms with Crippen molar-refractivity contribution in [2.24, 2.45) is 0 Å². The number of benzene rings is 10. The van der Waals surface area contributed by atoms with Crippen LogP contribution in [-0.2, 0) is 5.41 Å². The molecule has 0 unspecified atom stereocenters. The quantitative estimate of drug-likeness (QED) is 0.159. The largest absolute Gasteiger partial charge is 0.455 e. The first-order valence-electron chi connectivity index (χ1n) is 22.8. The minimum absolute atomic E-state index is 0.0691. The minimum atomic E-state index is -0.0691. The van der Waals surface area contributed by atoms with Gasteiger partial charge in [-0.1, -0.05) is 172 Å². The van der Waals surface area contributed by atoms with Crippen LogP contribution in [-0.4, -0.2) is 4.57 Å². The van der Waals surface area contributed by atoms with Gasteiger partial charge in [-0.15, -0.1) is 0 Å². The summed E-state index contributed by atoms with van der Waals surface area (Å²) in [6.45, 7) is 4.70. The highest BCUT2D eigenvalue weighted by atomic mass is 16.3. The van der Waals surface area contributed by atoms with E-state index in [0.717, 1.165) is 66.9 Å². The van der Waals surface area contributed by atoms with Crippen LogP contribution < -0.4 is 4.90 Å². The smallest absolute Gasteiger partial charge is 0.143 e. The fourth-order valence-electron chi connectivity index (χ4n) is 10.8. The van der Waals surface area contributed by atoms with Crippen molar-refractivity contribution < 1.29 is 4.42 Å². The van der Waals surface area contributed by atoms with Crippen LogP contribution in [0.1, 0.15) is 25.0 Å². The molecule has 66 heavy (non-hydrogen) atoms. The molecule has 0 amide bonds. The van der Waals surface area contributed by atoms with Crippen LogP contribution in [0.2, 0.25) is 0 Å². The number of hydrogen-bond acceptors (Lipinski definition) is 2. The zero-order valence-corrected chi connectivity index (χ0v) is 36.7. The number of aromatic nitrogens is 1. The minimum Gasteiger partial charge on any atom is -0.455 e. The SMILES string of the molecule is CC1(C)c2ccccc2-c2ccc(-c3ccc(N(c4ccc(-n5c6ccccc6c6ccccc65)cc4)c4ccc(-c5ccccc5)c(-c5cccc6c5oc5ccccc56)c4)cc3)cc21. The summed E-state index contributed by atoms with van der Waals surface area (Å²) in [5.74, 6) is 0. The third-order valence-electron chi connectivity index (χ3n) is 14.0. The van der Waals surface area contributed by atoms with Gasteiger partial charge in [0.2, 0.25) is 0 Å². The van der Waals surface area contributed by atoms with Gasteiger partial charge in [0.15, 0.2) is 0 Å². The molecule has 13 rings (SSSR count). The van der Waals surface area contributed by atoms with E-state index < -0.39 is 0 Å². The summed E-state index contributed by atoms with van der Waals surface area (Å²) < 4.78 is 9.09. The van der Waals surface area contributed by atoms with E-state index in [1.807, 2.05) is 6.07 Å². The summed E-state index contributed by atoms with van der Waals surface area (Å²) in [6, 6.07) is 83.8. The third kappa shape index (κ3) is 5.90. The Morgan fingerprint density at radius 3 is 1.68 bits per heavy atom. The lowest BCUT2D eigenvalue weighted by molar-refractivity contribution is 0.660. The van der Waals surface area contributed by atoms with Gasteiger partial charge in [-0.3, -0.25) is 0 Å². The molecule has 0 saturated carbocycles. The molecule has 1 aliphatic carbocycles. The molecule has 2 heterocycles. The number of nitrogens with zero attached hydrogens (tertiary/aromatic N) is 2. The second-order valence-corrected chi connectivity index (χ2v) is 18.1. The van der Waals surface area contributed by atoms with Gasteiger partial charge in [0.25, 0.3) is 0 Å². The fraction of sp³-hybridized carbons (Fsp3) is 0.0476. The molecular formula is C63H44N2O. The Bertz CT molecular complexity index is 3780.